The molecule has 0 bridgehead atoms. The number of amides is 1. The summed E-state index contributed by atoms with van der Waals surface area (Å²) in [6, 6.07) is 11.2. The van der Waals surface area contributed by atoms with Gasteiger partial charge in [-0.1, -0.05) is 17.7 Å². The second-order valence-corrected chi connectivity index (χ2v) is 6.62. The highest BCUT2D eigenvalue weighted by Gasteiger charge is 2.12. The van der Waals surface area contributed by atoms with Crippen LogP contribution in [-0.2, 0) is 6.61 Å². The molecule has 0 atom stereocenters. The van der Waals surface area contributed by atoms with Crippen LogP contribution in [0.5, 0.6) is 11.5 Å². The number of nitrogens with one attached hydrogen (secondary N) is 1. The first-order valence-electron chi connectivity index (χ1n) is 9.19. The van der Waals surface area contributed by atoms with Crippen LogP contribution in [0, 0.1) is 12.7 Å². The maximum absolute atomic E-state index is 13.9. The second-order valence-electron chi connectivity index (χ2n) is 6.22. The lowest BCUT2D eigenvalue weighted by atomic mass is 10.2. The van der Waals surface area contributed by atoms with E-state index in [1.165, 1.54) is 24.6 Å². The molecule has 0 aliphatic carbocycles. The number of ether oxygens (including phenoxy) is 2. The predicted molar refractivity (Wildman–Crippen MR) is 112 cm³/mol. The molecule has 0 aliphatic rings. The number of nitrogens with zero attached hydrogens (tertiary/aromatic N) is 1. The van der Waals surface area contributed by atoms with Crippen LogP contribution >= 0.6 is 11.6 Å². The van der Waals surface area contributed by atoms with Gasteiger partial charge in [-0.3, -0.25) is 4.79 Å². The van der Waals surface area contributed by atoms with Gasteiger partial charge in [0.25, 0.3) is 5.91 Å². The van der Waals surface area contributed by atoms with Crippen molar-refractivity contribution in [3.05, 3.63) is 82.0 Å². The van der Waals surface area contributed by atoms with Crippen LogP contribution in [0.2, 0.25) is 5.02 Å². The first-order chi connectivity index (χ1) is 14.5. The van der Waals surface area contributed by atoms with Crippen molar-refractivity contribution in [3.8, 4) is 11.5 Å². The van der Waals surface area contributed by atoms with E-state index in [4.69, 9.17) is 25.5 Å². The van der Waals surface area contributed by atoms with Crippen molar-refractivity contribution in [3.63, 3.8) is 0 Å². The van der Waals surface area contributed by atoms with Gasteiger partial charge in [-0.05, 0) is 55.8 Å². The van der Waals surface area contributed by atoms with Crippen LogP contribution in [0.1, 0.15) is 34.2 Å². The van der Waals surface area contributed by atoms with E-state index in [9.17, 15) is 9.18 Å². The van der Waals surface area contributed by atoms with Gasteiger partial charge in [0.05, 0.1) is 29.7 Å². The molecule has 0 unspecified atom stereocenters. The van der Waals surface area contributed by atoms with E-state index < -0.39 is 5.82 Å². The molecule has 3 aromatic rings. The molecule has 1 N–H and O–H groups in total. The minimum absolute atomic E-state index is 0.0425. The lowest BCUT2D eigenvalue weighted by Crippen LogP contribution is -2.17. The van der Waals surface area contributed by atoms with Crippen molar-refractivity contribution in [2.24, 2.45) is 5.10 Å². The van der Waals surface area contributed by atoms with Gasteiger partial charge in [-0.25, -0.2) is 9.82 Å². The number of hydrogen-bond donors (Lipinski definition) is 1. The number of furan rings is 1. The molecule has 2 aromatic carbocycles. The van der Waals surface area contributed by atoms with Gasteiger partial charge in [-0.2, -0.15) is 5.10 Å². The Hall–Kier alpha value is -3.32. The van der Waals surface area contributed by atoms with Crippen molar-refractivity contribution in [2.75, 3.05) is 6.61 Å². The van der Waals surface area contributed by atoms with E-state index in [1.54, 1.807) is 37.3 Å². The third-order valence-electron chi connectivity index (χ3n) is 4.18. The van der Waals surface area contributed by atoms with Crippen LogP contribution in [-0.4, -0.2) is 18.7 Å². The largest absolute Gasteiger partial charge is 0.490 e. The smallest absolute Gasteiger partial charge is 0.274 e. The normalized spacial score (nSPS) is 10.9. The summed E-state index contributed by atoms with van der Waals surface area (Å²) in [5, 5.41) is 4.25. The zero-order chi connectivity index (χ0) is 21.5. The standard InChI is InChI=1S/C22H20ClFN2O4/c1-3-28-21-11-15(12-25-26-22(27)16-9-10-29-14(16)2)7-8-20(21)30-13-17-18(23)5-4-6-19(17)24/h4-12H,3,13H2,1-2H3,(H,26,27). The van der Waals surface area contributed by atoms with E-state index in [0.29, 0.717) is 40.0 Å². The summed E-state index contributed by atoms with van der Waals surface area (Å²) >= 11 is 6.04. The van der Waals surface area contributed by atoms with Gasteiger partial charge >= 0.3 is 0 Å². The zero-order valence-electron chi connectivity index (χ0n) is 16.4. The summed E-state index contributed by atoms with van der Waals surface area (Å²) in [7, 11) is 0. The molecule has 6 nitrogen and oxygen atoms in total. The Morgan fingerprint density at radius 3 is 2.77 bits per heavy atom. The molecular weight excluding hydrogens is 411 g/mol. The summed E-state index contributed by atoms with van der Waals surface area (Å²) in [5.74, 6) is 0.604. The van der Waals surface area contributed by atoms with Crippen molar-refractivity contribution in [1.29, 1.82) is 0 Å². The fourth-order valence-corrected chi connectivity index (χ4v) is 2.88. The fraction of sp³-hybridized carbons (Fsp3) is 0.182. The Morgan fingerprint density at radius 1 is 1.23 bits per heavy atom. The third kappa shape index (κ3) is 5.18. The molecule has 1 heterocycles. The second kappa shape index (κ2) is 9.93. The van der Waals surface area contributed by atoms with Gasteiger partial charge in [0.1, 0.15) is 18.2 Å². The van der Waals surface area contributed by atoms with Crippen LogP contribution in [0.25, 0.3) is 0 Å². The molecule has 30 heavy (non-hydrogen) atoms. The number of halogens is 2. The quantitative estimate of drug-likeness (QED) is 0.397. The average molecular weight is 431 g/mol. The molecule has 1 aromatic heterocycles. The molecule has 0 radical (unpaired) electrons. The Labute approximate surface area is 178 Å². The molecular formula is C22H20ClFN2O4. The number of carbonyl (C=O) groups is 1. The van der Waals surface area contributed by atoms with Crippen molar-refractivity contribution in [2.45, 2.75) is 20.5 Å². The first kappa shape index (κ1) is 21.4. The maximum Gasteiger partial charge on any atom is 0.274 e. The molecule has 0 aliphatic heterocycles. The SMILES string of the molecule is CCOc1cc(C=NNC(=O)c2ccoc2C)ccc1OCc1c(F)cccc1Cl. The molecule has 0 saturated carbocycles. The van der Waals surface area contributed by atoms with E-state index in [0.717, 1.165) is 0 Å². The van der Waals surface area contributed by atoms with Crippen LogP contribution < -0.4 is 14.9 Å². The highest BCUT2D eigenvalue weighted by Crippen LogP contribution is 2.30. The van der Waals surface area contributed by atoms with E-state index >= 15 is 0 Å². The molecule has 0 saturated heterocycles. The van der Waals surface area contributed by atoms with Gasteiger partial charge in [0, 0.05) is 5.56 Å². The van der Waals surface area contributed by atoms with Crippen molar-refractivity contribution >= 4 is 23.7 Å². The van der Waals surface area contributed by atoms with E-state index in [-0.39, 0.29) is 18.1 Å². The van der Waals surface area contributed by atoms with E-state index in [2.05, 4.69) is 10.5 Å². The lowest BCUT2D eigenvalue weighted by Gasteiger charge is -2.13. The van der Waals surface area contributed by atoms with Crippen LogP contribution in [0.4, 0.5) is 4.39 Å². The van der Waals surface area contributed by atoms with Crippen molar-refractivity contribution in [1.82, 2.24) is 5.43 Å². The number of benzene rings is 2. The molecule has 8 heteroatoms. The van der Waals surface area contributed by atoms with Gasteiger partial charge in [0.2, 0.25) is 0 Å². The molecule has 0 spiro atoms. The van der Waals surface area contributed by atoms with Crippen LogP contribution in [0.3, 0.4) is 0 Å². The summed E-state index contributed by atoms with van der Waals surface area (Å²) in [6.45, 7) is 3.90. The number of hydrazone groups is 1. The van der Waals surface area contributed by atoms with Gasteiger partial charge in [-0.15, -0.1) is 0 Å². The number of aryl methyl sites for hydroxylation is 1. The summed E-state index contributed by atoms with van der Waals surface area (Å²) in [6.07, 6.45) is 2.92. The number of hydrogen-bond acceptors (Lipinski definition) is 5. The highest BCUT2D eigenvalue weighted by molar-refractivity contribution is 6.31. The summed E-state index contributed by atoms with van der Waals surface area (Å²) < 4.78 is 30.4. The number of rotatable bonds is 8. The summed E-state index contributed by atoms with van der Waals surface area (Å²) in [4.78, 5) is 12.0. The first-order valence-corrected chi connectivity index (χ1v) is 9.57. The Balaban J connectivity index is 1.70. The zero-order valence-corrected chi connectivity index (χ0v) is 17.2. The van der Waals surface area contributed by atoms with Crippen LogP contribution in [0.15, 0.2) is 58.2 Å². The minimum Gasteiger partial charge on any atom is -0.490 e. The molecule has 156 valence electrons. The predicted octanol–water partition coefficient (Wildman–Crippen LogP) is 5.12. The lowest BCUT2D eigenvalue weighted by molar-refractivity contribution is 0.0953. The Morgan fingerprint density at radius 2 is 2.07 bits per heavy atom. The third-order valence-corrected chi connectivity index (χ3v) is 4.54. The summed E-state index contributed by atoms with van der Waals surface area (Å²) in [5.41, 5.74) is 3.80. The van der Waals surface area contributed by atoms with E-state index in [1.807, 2.05) is 6.92 Å². The van der Waals surface area contributed by atoms with Crippen molar-refractivity contribution < 1.29 is 23.1 Å². The molecule has 0 fully saturated rings. The highest BCUT2D eigenvalue weighted by atomic mass is 35.5. The fourth-order valence-electron chi connectivity index (χ4n) is 2.66. The Kier molecular flexibility index (Phi) is 7.08. The maximum atomic E-state index is 13.9. The molecule has 1 amide bonds. The van der Waals surface area contributed by atoms with Gasteiger partial charge in [0.15, 0.2) is 11.5 Å². The topological polar surface area (TPSA) is 73.1 Å². The van der Waals surface area contributed by atoms with Gasteiger partial charge < -0.3 is 13.9 Å². The number of carbonyl (C=O) groups excluding carboxylic acids is 1. The monoisotopic (exact) mass is 430 g/mol. The molecule has 3 rings (SSSR count). The minimum atomic E-state index is -0.437. The average Bonchev–Trinajstić information content (AvgIpc) is 3.15. The Bertz CT molecular complexity index is 1040.